The number of carbonyl (C=O) groups is 1. The fourth-order valence-electron chi connectivity index (χ4n) is 2.73. The van der Waals surface area contributed by atoms with Crippen LogP contribution in [0, 0.1) is 0 Å². The summed E-state index contributed by atoms with van der Waals surface area (Å²) in [5.74, 6) is -0.339. The van der Waals surface area contributed by atoms with Gasteiger partial charge in [-0.1, -0.05) is 37.3 Å². The van der Waals surface area contributed by atoms with E-state index in [2.05, 4.69) is 5.32 Å². The predicted octanol–water partition coefficient (Wildman–Crippen LogP) is 1.57. The molecule has 0 saturated heterocycles. The van der Waals surface area contributed by atoms with Crippen molar-refractivity contribution >= 4 is 27.0 Å². The lowest BCUT2D eigenvalue weighted by molar-refractivity contribution is -0.121. The molecule has 1 aromatic heterocycles. The second kappa shape index (κ2) is 7.17. The zero-order valence-corrected chi connectivity index (χ0v) is 15.1. The standard InChI is InChI=1S/C18H19N3O4S/c1-2-12-19-17(22)13-20-15-10-6-7-11-16(15)21(18(20)23)26(24,25)14-8-4-3-5-9-14/h3-11H,2,12-13H2,1H3,(H,19,22). The maximum Gasteiger partial charge on any atom is 0.343 e. The van der Waals surface area contributed by atoms with Crippen molar-refractivity contribution in [3.8, 4) is 0 Å². The predicted molar refractivity (Wildman–Crippen MR) is 98.5 cm³/mol. The number of nitrogens with one attached hydrogen (secondary N) is 1. The van der Waals surface area contributed by atoms with Crippen LogP contribution in [0.15, 0.2) is 64.3 Å². The Labute approximate surface area is 150 Å². The van der Waals surface area contributed by atoms with Gasteiger partial charge in [-0.05, 0) is 30.7 Å². The van der Waals surface area contributed by atoms with Gasteiger partial charge in [-0.15, -0.1) is 0 Å². The maximum atomic E-state index is 13.0. The van der Waals surface area contributed by atoms with E-state index >= 15 is 0 Å². The van der Waals surface area contributed by atoms with Crippen molar-refractivity contribution in [3.05, 3.63) is 65.1 Å². The molecule has 2 aromatic carbocycles. The lowest BCUT2D eigenvalue weighted by Gasteiger charge is -2.05. The maximum absolute atomic E-state index is 13.0. The van der Waals surface area contributed by atoms with E-state index in [1.807, 2.05) is 6.92 Å². The molecule has 0 unspecified atom stereocenters. The van der Waals surface area contributed by atoms with Gasteiger partial charge in [0.25, 0.3) is 10.0 Å². The lowest BCUT2D eigenvalue weighted by atomic mass is 10.3. The molecule has 0 saturated carbocycles. The van der Waals surface area contributed by atoms with Gasteiger partial charge in [-0.25, -0.2) is 13.2 Å². The van der Waals surface area contributed by atoms with Crippen molar-refractivity contribution in [3.63, 3.8) is 0 Å². The number of amides is 1. The Morgan fingerprint density at radius 1 is 1.00 bits per heavy atom. The van der Waals surface area contributed by atoms with Crippen LogP contribution in [-0.2, 0) is 21.4 Å². The zero-order valence-electron chi connectivity index (χ0n) is 14.3. The molecule has 0 atom stereocenters. The Bertz CT molecular complexity index is 1100. The highest BCUT2D eigenvalue weighted by Gasteiger charge is 2.25. The Hall–Kier alpha value is -2.87. The van der Waals surface area contributed by atoms with Gasteiger partial charge in [0, 0.05) is 6.54 Å². The summed E-state index contributed by atoms with van der Waals surface area (Å²) < 4.78 is 27.9. The van der Waals surface area contributed by atoms with Crippen LogP contribution in [-0.4, -0.2) is 29.4 Å². The molecule has 1 heterocycles. The number of hydrogen-bond acceptors (Lipinski definition) is 4. The molecule has 0 fully saturated rings. The largest absolute Gasteiger partial charge is 0.355 e. The molecule has 0 aliphatic rings. The highest BCUT2D eigenvalue weighted by atomic mass is 32.2. The SMILES string of the molecule is CCCNC(=O)Cn1c(=O)n(S(=O)(=O)c2ccccc2)c2ccccc21. The van der Waals surface area contributed by atoms with Gasteiger partial charge in [-0.3, -0.25) is 9.36 Å². The van der Waals surface area contributed by atoms with Crippen LogP contribution in [0.25, 0.3) is 11.0 Å². The molecule has 1 amide bonds. The van der Waals surface area contributed by atoms with Crippen molar-refractivity contribution in [2.24, 2.45) is 0 Å². The Morgan fingerprint density at radius 2 is 1.62 bits per heavy atom. The molecule has 0 radical (unpaired) electrons. The molecule has 0 aliphatic carbocycles. The van der Waals surface area contributed by atoms with Gasteiger partial charge in [0.2, 0.25) is 5.91 Å². The van der Waals surface area contributed by atoms with E-state index in [0.29, 0.717) is 12.1 Å². The first-order valence-corrected chi connectivity index (χ1v) is 9.68. The number of carbonyl (C=O) groups excluding carboxylic acids is 1. The van der Waals surface area contributed by atoms with E-state index in [1.54, 1.807) is 42.5 Å². The van der Waals surface area contributed by atoms with Gasteiger partial charge in [0.05, 0.1) is 15.9 Å². The molecule has 0 spiro atoms. The number of imidazole rings is 1. The van der Waals surface area contributed by atoms with Crippen molar-refractivity contribution in [1.29, 1.82) is 0 Å². The minimum absolute atomic E-state index is 0.0143. The number of hydrogen-bond donors (Lipinski definition) is 1. The average molecular weight is 373 g/mol. The molecule has 8 heteroatoms. The van der Waals surface area contributed by atoms with Gasteiger partial charge in [0.1, 0.15) is 6.54 Å². The zero-order chi connectivity index (χ0) is 18.7. The summed E-state index contributed by atoms with van der Waals surface area (Å²) in [6, 6.07) is 14.3. The summed E-state index contributed by atoms with van der Waals surface area (Å²) >= 11 is 0. The number of benzene rings is 2. The molecule has 1 N–H and O–H groups in total. The van der Waals surface area contributed by atoms with Crippen LogP contribution < -0.4 is 11.0 Å². The van der Waals surface area contributed by atoms with Crippen LogP contribution in [0.4, 0.5) is 0 Å². The fraction of sp³-hybridized carbons (Fsp3) is 0.222. The van der Waals surface area contributed by atoms with Gasteiger partial charge >= 0.3 is 5.69 Å². The van der Waals surface area contributed by atoms with Gasteiger partial charge in [0.15, 0.2) is 0 Å². The van der Waals surface area contributed by atoms with Gasteiger partial charge in [-0.2, -0.15) is 3.97 Å². The monoisotopic (exact) mass is 373 g/mol. The van der Waals surface area contributed by atoms with E-state index in [9.17, 15) is 18.0 Å². The van der Waals surface area contributed by atoms with Crippen LogP contribution in [0.1, 0.15) is 13.3 Å². The highest BCUT2D eigenvalue weighted by Crippen LogP contribution is 2.19. The average Bonchev–Trinajstić information content (AvgIpc) is 2.93. The van der Waals surface area contributed by atoms with Crippen molar-refractivity contribution in [2.75, 3.05) is 6.54 Å². The molecular formula is C18H19N3O4S. The second-order valence-corrected chi connectivity index (χ2v) is 7.58. The number of nitrogens with zero attached hydrogens (tertiary/aromatic N) is 2. The molecule has 26 heavy (non-hydrogen) atoms. The van der Waals surface area contributed by atoms with Gasteiger partial charge < -0.3 is 5.32 Å². The summed E-state index contributed by atoms with van der Waals surface area (Å²) in [4.78, 5) is 25.0. The molecule has 136 valence electrons. The minimum Gasteiger partial charge on any atom is -0.355 e. The van der Waals surface area contributed by atoms with E-state index in [1.165, 1.54) is 16.7 Å². The summed E-state index contributed by atoms with van der Waals surface area (Å²) in [5, 5.41) is 2.70. The Morgan fingerprint density at radius 3 is 2.27 bits per heavy atom. The number of rotatable bonds is 6. The highest BCUT2D eigenvalue weighted by molar-refractivity contribution is 7.90. The number of aromatic nitrogens is 2. The first kappa shape index (κ1) is 17.9. The molecule has 0 bridgehead atoms. The van der Waals surface area contributed by atoms with E-state index in [-0.39, 0.29) is 22.9 Å². The first-order chi connectivity index (χ1) is 12.5. The molecule has 3 rings (SSSR count). The Balaban J connectivity index is 2.18. The number of fused-ring (bicyclic) bond motifs is 1. The normalized spacial score (nSPS) is 11.6. The van der Waals surface area contributed by atoms with Crippen LogP contribution in [0.2, 0.25) is 0 Å². The van der Waals surface area contributed by atoms with E-state index in [4.69, 9.17) is 0 Å². The molecular weight excluding hydrogens is 354 g/mol. The molecule has 0 aliphatic heterocycles. The van der Waals surface area contributed by atoms with E-state index in [0.717, 1.165) is 10.4 Å². The van der Waals surface area contributed by atoms with Crippen LogP contribution in [0.3, 0.4) is 0 Å². The topological polar surface area (TPSA) is 90.2 Å². The summed E-state index contributed by atoms with van der Waals surface area (Å²) in [6.07, 6.45) is 0.769. The van der Waals surface area contributed by atoms with Crippen molar-refractivity contribution in [2.45, 2.75) is 24.8 Å². The third-order valence-corrected chi connectivity index (χ3v) is 5.65. The first-order valence-electron chi connectivity index (χ1n) is 8.24. The second-order valence-electron chi connectivity index (χ2n) is 5.79. The summed E-state index contributed by atoms with van der Waals surface area (Å²) in [5.41, 5.74) is -0.130. The van der Waals surface area contributed by atoms with Crippen LogP contribution >= 0.6 is 0 Å². The quantitative estimate of drug-likeness (QED) is 0.710. The third kappa shape index (κ3) is 3.15. The minimum atomic E-state index is -4.08. The summed E-state index contributed by atoms with van der Waals surface area (Å²) in [6.45, 7) is 2.18. The van der Waals surface area contributed by atoms with Crippen LogP contribution in [0.5, 0.6) is 0 Å². The lowest BCUT2D eigenvalue weighted by Crippen LogP contribution is -2.35. The number of para-hydroxylation sites is 2. The van der Waals surface area contributed by atoms with Crippen molar-refractivity contribution < 1.29 is 13.2 Å². The molecule has 3 aromatic rings. The molecule has 7 nitrogen and oxygen atoms in total. The smallest absolute Gasteiger partial charge is 0.343 e. The Kier molecular flexibility index (Phi) is 4.94. The fourth-order valence-corrected chi connectivity index (χ4v) is 4.16. The summed E-state index contributed by atoms with van der Waals surface area (Å²) in [7, 11) is -4.08. The van der Waals surface area contributed by atoms with Crippen molar-refractivity contribution in [1.82, 2.24) is 13.9 Å². The van der Waals surface area contributed by atoms with E-state index < -0.39 is 15.7 Å². The third-order valence-electron chi connectivity index (χ3n) is 3.95.